The molecule has 0 radical (unpaired) electrons. The number of hydrogen-bond donors (Lipinski definition) is 0. The van der Waals surface area contributed by atoms with E-state index in [1.807, 2.05) is 11.8 Å². The van der Waals surface area contributed by atoms with Gasteiger partial charge in [-0.05, 0) is 12.8 Å². The summed E-state index contributed by atoms with van der Waals surface area (Å²) in [6.45, 7) is 8.06. The van der Waals surface area contributed by atoms with Gasteiger partial charge in [0.15, 0.2) is 0 Å². The molecule has 0 rings (SSSR count). The first-order valence-corrected chi connectivity index (χ1v) is 6.06. The topological polar surface area (TPSA) is 20.3 Å². The van der Waals surface area contributed by atoms with E-state index in [1.165, 1.54) is 0 Å². The van der Waals surface area contributed by atoms with Crippen LogP contribution in [0.1, 0.15) is 40.0 Å². The lowest BCUT2D eigenvalue weighted by Gasteiger charge is -2.25. The summed E-state index contributed by atoms with van der Waals surface area (Å²) >= 11 is 5.55. The molecule has 14 heavy (non-hydrogen) atoms. The Morgan fingerprint density at radius 2 is 1.86 bits per heavy atom. The molecule has 0 aromatic heterocycles. The molecule has 0 bridgehead atoms. The van der Waals surface area contributed by atoms with Gasteiger partial charge in [0.2, 0.25) is 5.91 Å². The molecule has 0 aliphatic rings. The normalized spacial score (nSPS) is 10.6. The van der Waals surface area contributed by atoms with Crippen LogP contribution in [-0.2, 0) is 4.79 Å². The van der Waals surface area contributed by atoms with Crippen LogP contribution in [0.5, 0.6) is 0 Å². The van der Waals surface area contributed by atoms with Crippen LogP contribution < -0.4 is 0 Å². The third-order valence-corrected chi connectivity index (χ3v) is 2.87. The molecule has 0 fully saturated rings. The van der Waals surface area contributed by atoms with Gasteiger partial charge in [0, 0.05) is 25.4 Å². The van der Waals surface area contributed by atoms with Crippen molar-refractivity contribution in [2.75, 3.05) is 19.0 Å². The van der Waals surface area contributed by atoms with E-state index >= 15 is 0 Å². The van der Waals surface area contributed by atoms with Crippen LogP contribution in [0.15, 0.2) is 0 Å². The monoisotopic (exact) mass is 219 g/mol. The fourth-order valence-corrected chi connectivity index (χ4v) is 1.67. The molecule has 0 saturated heterocycles. The minimum atomic E-state index is 0.189. The van der Waals surface area contributed by atoms with Gasteiger partial charge in [0.05, 0.1) is 0 Å². The van der Waals surface area contributed by atoms with Crippen LogP contribution in [0.3, 0.4) is 0 Å². The fourth-order valence-electron chi connectivity index (χ4n) is 1.50. The molecular formula is C11H22ClNO. The van der Waals surface area contributed by atoms with E-state index in [1.54, 1.807) is 0 Å². The van der Waals surface area contributed by atoms with Crippen molar-refractivity contribution in [3.05, 3.63) is 0 Å². The fraction of sp³-hybridized carbons (Fsp3) is 0.909. The van der Waals surface area contributed by atoms with Crippen LogP contribution in [0.4, 0.5) is 0 Å². The van der Waals surface area contributed by atoms with E-state index in [0.717, 1.165) is 25.9 Å². The number of hydrogen-bond acceptors (Lipinski definition) is 1. The number of carbonyl (C=O) groups is 1. The molecule has 1 amide bonds. The Hall–Kier alpha value is -0.240. The van der Waals surface area contributed by atoms with Gasteiger partial charge in [-0.15, -0.1) is 11.6 Å². The molecule has 0 saturated carbocycles. The van der Waals surface area contributed by atoms with E-state index < -0.39 is 0 Å². The maximum absolute atomic E-state index is 11.6. The van der Waals surface area contributed by atoms with Gasteiger partial charge in [-0.2, -0.15) is 0 Å². The Bertz CT molecular complexity index is 157. The zero-order valence-electron chi connectivity index (χ0n) is 9.55. The average Bonchev–Trinajstić information content (AvgIpc) is 2.20. The van der Waals surface area contributed by atoms with Gasteiger partial charge in [-0.3, -0.25) is 4.79 Å². The summed E-state index contributed by atoms with van der Waals surface area (Å²) in [6, 6.07) is 0. The lowest BCUT2D eigenvalue weighted by molar-refractivity contribution is -0.131. The molecule has 3 heteroatoms. The SMILES string of the molecule is CCC(CC)CN(CC)C(=O)CCCl. The van der Waals surface area contributed by atoms with Gasteiger partial charge >= 0.3 is 0 Å². The van der Waals surface area contributed by atoms with Crippen molar-refractivity contribution in [2.24, 2.45) is 5.92 Å². The second kappa shape index (κ2) is 8.10. The van der Waals surface area contributed by atoms with Crippen LogP contribution in [0.2, 0.25) is 0 Å². The van der Waals surface area contributed by atoms with Crippen molar-refractivity contribution in [1.29, 1.82) is 0 Å². The molecule has 0 aliphatic carbocycles. The van der Waals surface area contributed by atoms with Crippen molar-refractivity contribution in [2.45, 2.75) is 40.0 Å². The van der Waals surface area contributed by atoms with Gasteiger partial charge in [0.1, 0.15) is 0 Å². The minimum absolute atomic E-state index is 0.189. The maximum atomic E-state index is 11.6. The predicted octanol–water partition coefficient (Wildman–Crippen LogP) is 2.90. The lowest BCUT2D eigenvalue weighted by atomic mass is 10.0. The average molecular weight is 220 g/mol. The summed E-state index contributed by atoms with van der Waals surface area (Å²) in [7, 11) is 0. The summed E-state index contributed by atoms with van der Waals surface area (Å²) in [4.78, 5) is 13.5. The summed E-state index contributed by atoms with van der Waals surface area (Å²) in [6.07, 6.45) is 2.75. The van der Waals surface area contributed by atoms with Gasteiger partial charge in [-0.1, -0.05) is 26.7 Å². The predicted molar refractivity (Wildman–Crippen MR) is 61.7 cm³/mol. The molecule has 0 aromatic carbocycles. The molecule has 0 N–H and O–H groups in total. The molecular weight excluding hydrogens is 198 g/mol. The standard InChI is InChI=1S/C11H22ClNO/c1-4-10(5-2)9-13(6-3)11(14)7-8-12/h10H,4-9H2,1-3H3. The van der Waals surface area contributed by atoms with Crippen molar-refractivity contribution in [3.8, 4) is 0 Å². The highest BCUT2D eigenvalue weighted by atomic mass is 35.5. The molecule has 0 atom stereocenters. The third-order valence-electron chi connectivity index (χ3n) is 2.68. The number of rotatable bonds is 7. The quantitative estimate of drug-likeness (QED) is 0.603. The van der Waals surface area contributed by atoms with Crippen molar-refractivity contribution in [3.63, 3.8) is 0 Å². The van der Waals surface area contributed by atoms with E-state index in [4.69, 9.17) is 11.6 Å². The lowest BCUT2D eigenvalue weighted by Crippen LogP contribution is -2.35. The molecule has 0 unspecified atom stereocenters. The molecule has 0 heterocycles. The van der Waals surface area contributed by atoms with E-state index in [9.17, 15) is 4.79 Å². The molecule has 84 valence electrons. The molecule has 0 aromatic rings. The number of carbonyl (C=O) groups excluding carboxylic acids is 1. The molecule has 0 spiro atoms. The largest absolute Gasteiger partial charge is 0.343 e. The van der Waals surface area contributed by atoms with E-state index in [0.29, 0.717) is 18.2 Å². The first kappa shape index (κ1) is 13.8. The van der Waals surface area contributed by atoms with E-state index in [2.05, 4.69) is 13.8 Å². The first-order valence-electron chi connectivity index (χ1n) is 5.53. The Labute approximate surface area is 92.6 Å². The minimum Gasteiger partial charge on any atom is -0.343 e. The van der Waals surface area contributed by atoms with E-state index in [-0.39, 0.29) is 5.91 Å². The highest BCUT2D eigenvalue weighted by Crippen LogP contribution is 2.10. The number of alkyl halides is 1. The van der Waals surface area contributed by atoms with Gasteiger partial charge in [-0.25, -0.2) is 0 Å². The van der Waals surface area contributed by atoms with Crippen LogP contribution in [0.25, 0.3) is 0 Å². The first-order chi connectivity index (χ1) is 6.69. The smallest absolute Gasteiger partial charge is 0.223 e. The number of halogens is 1. The zero-order chi connectivity index (χ0) is 11.0. The number of amides is 1. The highest BCUT2D eigenvalue weighted by Gasteiger charge is 2.14. The summed E-state index contributed by atoms with van der Waals surface area (Å²) in [5.74, 6) is 1.25. The van der Waals surface area contributed by atoms with Crippen molar-refractivity contribution < 1.29 is 4.79 Å². The van der Waals surface area contributed by atoms with Gasteiger partial charge in [0.25, 0.3) is 0 Å². The molecule has 2 nitrogen and oxygen atoms in total. The Morgan fingerprint density at radius 3 is 2.21 bits per heavy atom. The third kappa shape index (κ3) is 4.85. The van der Waals surface area contributed by atoms with Gasteiger partial charge < -0.3 is 4.90 Å². The maximum Gasteiger partial charge on any atom is 0.223 e. The van der Waals surface area contributed by atoms with Crippen molar-refractivity contribution >= 4 is 17.5 Å². The Kier molecular flexibility index (Phi) is 7.96. The van der Waals surface area contributed by atoms with Crippen molar-refractivity contribution in [1.82, 2.24) is 4.90 Å². The number of nitrogens with zero attached hydrogens (tertiary/aromatic N) is 1. The van der Waals surface area contributed by atoms with Crippen LogP contribution in [0, 0.1) is 5.92 Å². The highest BCUT2D eigenvalue weighted by molar-refractivity contribution is 6.18. The zero-order valence-corrected chi connectivity index (χ0v) is 10.3. The Balaban J connectivity index is 4.05. The molecule has 0 aliphatic heterocycles. The Morgan fingerprint density at radius 1 is 1.29 bits per heavy atom. The second-order valence-electron chi connectivity index (χ2n) is 3.55. The summed E-state index contributed by atoms with van der Waals surface area (Å²) in [5.41, 5.74) is 0. The summed E-state index contributed by atoms with van der Waals surface area (Å²) in [5, 5.41) is 0. The summed E-state index contributed by atoms with van der Waals surface area (Å²) < 4.78 is 0. The van der Waals surface area contributed by atoms with Crippen LogP contribution >= 0.6 is 11.6 Å². The van der Waals surface area contributed by atoms with Crippen LogP contribution in [-0.4, -0.2) is 29.8 Å². The second-order valence-corrected chi connectivity index (χ2v) is 3.93.